The molecule has 0 spiro atoms. The zero-order chi connectivity index (χ0) is 9.40. The third-order valence-corrected chi connectivity index (χ3v) is 1.26. The van der Waals surface area contributed by atoms with Crippen LogP contribution in [-0.4, -0.2) is 12.8 Å². The van der Waals surface area contributed by atoms with Crippen LogP contribution in [0.25, 0.3) is 0 Å². The van der Waals surface area contributed by atoms with Crippen LogP contribution in [-0.2, 0) is 9.47 Å². The largest absolute Gasteiger partial charge is 0.508 e. The highest BCUT2D eigenvalue weighted by Crippen LogP contribution is 2.00. The summed E-state index contributed by atoms with van der Waals surface area (Å²) in [6.07, 6.45) is 0.984. The first-order chi connectivity index (χ1) is 5.66. The lowest BCUT2D eigenvalue weighted by Crippen LogP contribution is -2.08. The highest BCUT2D eigenvalue weighted by Gasteiger charge is 2.03. The van der Waals surface area contributed by atoms with Gasteiger partial charge in [0, 0.05) is 0 Å². The average molecular weight is 173 g/mol. The monoisotopic (exact) mass is 173 g/mol. The molecular formula is C9H17O3. The number of carbonyl (C=O) groups excluding carboxylic acids is 1. The van der Waals surface area contributed by atoms with E-state index in [9.17, 15) is 4.79 Å². The number of rotatable bonds is 5. The molecule has 0 unspecified atom stereocenters. The third-order valence-electron chi connectivity index (χ3n) is 1.26. The Kier molecular flexibility index (Phi) is 6.53. The van der Waals surface area contributed by atoms with Gasteiger partial charge in [-0.3, -0.25) is 0 Å². The van der Waals surface area contributed by atoms with Crippen molar-refractivity contribution in [1.29, 1.82) is 0 Å². The molecule has 71 valence electrons. The van der Waals surface area contributed by atoms with Crippen LogP contribution < -0.4 is 0 Å². The van der Waals surface area contributed by atoms with E-state index in [4.69, 9.17) is 4.74 Å². The number of hydrogen-bond donors (Lipinski definition) is 0. The van der Waals surface area contributed by atoms with Crippen LogP contribution in [0.3, 0.4) is 0 Å². The molecule has 0 atom stereocenters. The van der Waals surface area contributed by atoms with Crippen LogP contribution in [0.2, 0.25) is 0 Å². The fourth-order valence-electron chi connectivity index (χ4n) is 0.563. The Morgan fingerprint density at radius 1 is 1.50 bits per heavy atom. The molecule has 0 aliphatic rings. The Labute approximate surface area is 74.0 Å². The van der Waals surface area contributed by atoms with Gasteiger partial charge >= 0.3 is 6.16 Å². The predicted octanol–water partition coefficient (Wildman–Crippen LogP) is 2.76. The second-order valence-electron chi connectivity index (χ2n) is 2.97. The van der Waals surface area contributed by atoms with Gasteiger partial charge in [-0.1, -0.05) is 20.8 Å². The van der Waals surface area contributed by atoms with Crippen molar-refractivity contribution < 1.29 is 14.3 Å². The van der Waals surface area contributed by atoms with Gasteiger partial charge in [0.15, 0.2) is 0 Å². The molecule has 0 N–H and O–H groups in total. The Morgan fingerprint density at radius 3 is 2.67 bits per heavy atom. The van der Waals surface area contributed by atoms with Crippen molar-refractivity contribution in [3.05, 3.63) is 6.61 Å². The van der Waals surface area contributed by atoms with E-state index < -0.39 is 6.16 Å². The molecule has 0 saturated heterocycles. The maximum absolute atomic E-state index is 10.7. The van der Waals surface area contributed by atoms with Crippen LogP contribution >= 0.6 is 0 Å². The fraction of sp³-hybridized carbons (Fsp3) is 0.778. The van der Waals surface area contributed by atoms with Gasteiger partial charge in [0.2, 0.25) is 0 Å². The summed E-state index contributed by atoms with van der Waals surface area (Å²) in [6, 6.07) is 0. The lowest BCUT2D eigenvalue weighted by Gasteiger charge is -2.05. The van der Waals surface area contributed by atoms with Gasteiger partial charge in [-0.15, -0.1) is 0 Å². The molecule has 0 aromatic carbocycles. The van der Waals surface area contributed by atoms with Crippen molar-refractivity contribution in [3.63, 3.8) is 0 Å². The molecule has 0 fully saturated rings. The first kappa shape index (κ1) is 11.3. The van der Waals surface area contributed by atoms with E-state index in [0.717, 1.165) is 6.42 Å². The Bertz CT molecular complexity index is 121. The van der Waals surface area contributed by atoms with Crippen molar-refractivity contribution in [2.75, 3.05) is 6.61 Å². The zero-order valence-corrected chi connectivity index (χ0v) is 8.00. The first-order valence-corrected chi connectivity index (χ1v) is 4.32. The minimum atomic E-state index is -0.600. The highest BCUT2D eigenvalue weighted by atomic mass is 16.7. The summed E-state index contributed by atoms with van der Waals surface area (Å²) in [7, 11) is 0. The van der Waals surface area contributed by atoms with Crippen LogP contribution in [0, 0.1) is 12.5 Å². The van der Waals surface area contributed by atoms with E-state index in [-0.39, 0.29) is 0 Å². The molecule has 0 aliphatic heterocycles. The molecule has 0 saturated carbocycles. The van der Waals surface area contributed by atoms with E-state index in [1.54, 1.807) is 0 Å². The molecule has 1 radical (unpaired) electrons. The van der Waals surface area contributed by atoms with Crippen LogP contribution in [0.1, 0.15) is 33.6 Å². The number of ether oxygens (including phenoxy) is 2. The van der Waals surface area contributed by atoms with Gasteiger partial charge in [-0.2, -0.15) is 0 Å². The minimum absolute atomic E-state index is 0.439. The Hall–Kier alpha value is -0.730. The molecule has 3 nitrogen and oxygen atoms in total. The van der Waals surface area contributed by atoms with Gasteiger partial charge in [0.05, 0.1) is 6.61 Å². The topological polar surface area (TPSA) is 35.5 Å². The summed E-state index contributed by atoms with van der Waals surface area (Å²) >= 11 is 0. The van der Waals surface area contributed by atoms with Crippen molar-refractivity contribution in [1.82, 2.24) is 0 Å². The van der Waals surface area contributed by atoms with E-state index in [2.05, 4.69) is 18.6 Å². The minimum Gasteiger partial charge on any atom is -0.434 e. The van der Waals surface area contributed by atoms with Gasteiger partial charge in [0.25, 0.3) is 0 Å². The average Bonchev–Trinajstić information content (AvgIpc) is 2.00. The maximum atomic E-state index is 10.7. The van der Waals surface area contributed by atoms with E-state index in [0.29, 0.717) is 18.9 Å². The molecular weight excluding hydrogens is 156 g/mol. The van der Waals surface area contributed by atoms with E-state index in [1.807, 2.05) is 6.92 Å². The summed E-state index contributed by atoms with van der Waals surface area (Å²) < 4.78 is 9.35. The molecule has 0 aromatic heterocycles. The fourth-order valence-corrected chi connectivity index (χ4v) is 0.563. The normalized spacial score (nSPS) is 10.0. The zero-order valence-electron chi connectivity index (χ0n) is 8.00. The van der Waals surface area contributed by atoms with Crippen molar-refractivity contribution in [2.24, 2.45) is 5.92 Å². The van der Waals surface area contributed by atoms with Gasteiger partial charge in [0.1, 0.15) is 6.61 Å². The van der Waals surface area contributed by atoms with E-state index >= 15 is 0 Å². The summed E-state index contributed by atoms with van der Waals surface area (Å²) in [6.45, 7) is 7.91. The smallest absolute Gasteiger partial charge is 0.434 e. The van der Waals surface area contributed by atoms with Gasteiger partial charge in [-0.05, 0) is 18.8 Å². The summed E-state index contributed by atoms with van der Waals surface area (Å²) in [5.74, 6) is 0.549. The molecule has 0 bridgehead atoms. The lowest BCUT2D eigenvalue weighted by molar-refractivity contribution is 0.0693. The third kappa shape index (κ3) is 7.38. The van der Waals surface area contributed by atoms with Crippen molar-refractivity contribution in [2.45, 2.75) is 33.6 Å². The van der Waals surface area contributed by atoms with Crippen molar-refractivity contribution >= 4 is 6.16 Å². The lowest BCUT2D eigenvalue weighted by atomic mass is 10.1. The quantitative estimate of drug-likeness (QED) is 0.600. The summed E-state index contributed by atoms with van der Waals surface area (Å²) in [5, 5.41) is 0. The number of hydrogen-bond acceptors (Lipinski definition) is 3. The summed E-state index contributed by atoms with van der Waals surface area (Å²) in [5.41, 5.74) is 0. The standard InChI is InChI=1S/C9H17O3/c1-4-6-11-9(10)12-7-5-8(2)3/h6,8H,4-5,7H2,1-3H3. The van der Waals surface area contributed by atoms with Gasteiger partial charge < -0.3 is 9.47 Å². The molecule has 0 rings (SSSR count). The van der Waals surface area contributed by atoms with Crippen LogP contribution in [0.4, 0.5) is 4.79 Å². The molecule has 0 amide bonds. The Balaban J connectivity index is 3.20. The Morgan fingerprint density at radius 2 is 2.17 bits per heavy atom. The van der Waals surface area contributed by atoms with Crippen LogP contribution in [0.15, 0.2) is 0 Å². The molecule has 0 heterocycles. The molecule has 0 aromatic rings. The van der Waals surface area contributed by atoms with E-state index in [1.165, 1.54) is 6.61 Å². The second kappa shape index (κ2) is 6.95. The molecule has 12 heavy (non-hydrogen) atoms. The molecule has 0 aliphatic carbocycles. The summed E-state index contributed by atoms with van der Waals surface area (Å²) in [4.78, 5) is 10.7. The van der Waals surface area contributed by atoms with Crippen LogP contribution in [0.5, 0.6) is 0 Å². The van der Waals surface area contributed by atoms with Gasteiger partial charge in [-0.25, -0.2) is 4.79 Å². The number of carbonyl (C=O) groups is 1. The molecule has 3 heteroatoms. The second-order valence-corrected chi connectivity index (χ2v) is 2.97. The maximum Gasteiger partial charge on any atom is 0.508 e. The SMILES string of the molecule is CC[CH]OC(=O)OCCC(C)C. The highest BCUT2D eigenvalue weighted by molar-refractivity contribution is 5.60. The van der Waals surface area contributed by atoms with Crippen molar-refractivity contribution in [3.8, 4) is 0 Å². The first-order valence-electron chi connectivity index (χ1n) is 4.32. The predicted molar refractivity (Wildman–Crippen MR) is 46.5 cm³/mol.